The molecular formula is C11H16N2O3. The largest absolute Gasteiger partial charge is 0.346 e. The van der Waals surface area contributed by atoms with Gasteiger partial charge in [0.1, 0.15) is 0 Å². The highest BCUT2D eigenvalue weighted by Crippen LogP contribution is 2.15. The molecule has 16 heavy (non-hydrogen) atoms. The highest BCUT2D eigenvalue weighted by molar-refractivity contribution is 5.96. The van der Waals surface area contributed by atoms with E-state index in [-0.39, 0.29) is 17.6 Å². The lowest BCUT2D eigenvalue weighted by Crippen LogP contribution is -2.54. The summed E-state index contributed by atoms with van der Waals surface area (Å²) in [5, 5.41) is 5.38. The third kappa shape index (κ3) is 2.40. The molecule has 0 aromatic rings. The summed E-state index contributed by atoms with van der Waals surface area (Å²) >= 11 is 0. The summed E-state index contributed by atoms with van der Waals surface area (Å²) in [5.41, 5.74) is 0. The summed E-state index contributed by atoms with van der Waals surface area (Å²) in [7, 11) is 0. The second kappa shape index (κ2) is 4.63. The Hall–Kier alpha value is -1.39. The quantitative estimate of drug-likeness (QED) is 0.687. The van der Waals surface area contributed by atoms with Crippen LogP contribution < -0.4 is 10.6 Å². The first-order valence-electron chi connectivity index (χ1n) is 5.79. The molecule has 2 N–H and O–H groups in total. The monoisotopic (exact) mass is 224 g/mol. The first-order chi connectivity index (χ1) is 7.66. The number of nitrogens with one attached hydrogen (secondary N) is 2. The number of rotatable bonds is 2. The van der Waals surface area contributed by atoms with E-state index >= 15 is 0 Å². The van der Waals surface area contributed by atoms with Crippen LogP contribution in [0.1, 0.15) is 38.5 Å². The van der Waals surface area contributed by atoms with E-state index in [9.17, 15) is 14.4 Å². The zero-order valence-corrected chi connectivity index (χ0v) is 9.12. The second-order valence-electron chi connectivity index (χ2n) is 4.43. The first kappa shape index (κ1) is 11.1. The molecule has 5 nitrogen and oxygen atoms in total. The average molecular weight is 224 g/mol. The molecule has 88 valence electrons. The normalized spacial score (nSPS) is 30.5. The van der Waals surface area contributed by atoms with Crippen LogP contribution in [0.2, 0.25) is 0 Å². The number of carbonyl (C=O) groups is 3. The van der Waals surface area contributed by atoms with E-state index in [1.807, 2.05) is 0 Å². The highest BCUT2D eigenvalue weighted by atomic mass is 16.2. The molecule has 2 aliphatic heterocycles. The van der Waals surface area contributed by atoms with Crippen molar-refractivity contribution in [2.75, 3.05) is 0 Å². The zero-order valence-electron chi connectivity index (χ0n) is 9.12. The van der Waals surface area contributed by atoms with Crippen molar-refractivity contribution >= 4 is 17.6 Å². The SMILES string of the molecule is O=C1CCCC(C(=O)C2CCCC(=O)N2)N1. The molecule has 0 aromatic carbocycles. The molecule has 2 saturated heterocycles. The summed E-state index contributed by atoms with van der Waals surface area (Å²) in [6.07, 6.45) is 3.89. The van der Waals surface area contributed by atoms with Gasteiger partial charge in [-0.15, -0.1) is 0 Å². The molecule has 0 spiro atoms. The Balaban J connectivity index is 1.95. The Kier molecular flexibility index (Phi) is 3.22. The van der Waals surface area contributed by atoms with Crippen LogP contribution in [0.4, 0.5) is 0 Å². The Morgan fingerprint density at radius 1 is 0.938 bits per heavy atom. The Morgan fingerprint density at radius 2 is 1.38 bits per heavy atom. The van der Waals surface area contributed by atoms with E-state index in [0.29, 0.717) is 25.7 Å². The lowest BCUT2D eigenvalue weighted by atomic mass is 9.92. The Bertz CT molecular complexity index is 297. The fourth-order valence-corrected chi connectivity index (χ4v) is 2.28. The Morgan fingerprint density at radius 3 is 1.75 bits per heavy atom. The number of hydrogen-bond acceptors (Lipinski definition) is 3. The van der Waals surface area contributed by atoms with Crippen LogP contribution in [-0.4, -0.2) is 29.7 Å². The summed E-state index contributed by atoms with van der Waals surface area (Å²) in [4.78, 5) is 34.4. The Labute approximate surface area is 94.0 Å². The number of piperidine rings is 2. The minimum atomic E-state index is -0.398. The number of Topliss-reactive ketones (excluding diaryl/α,β-unsaturated/α-hetero) is 1. The van der Waals surface area contributed by atoms with Crippen molar-refractivity contribution in [3.05, 3.63) is 0 Å². The fraction of sp³-hybridized carbons (Fsp3) is 0.727. The van der Waals surface area contributed by atoms with Crippen LogP contribution in [0.25, 0.3) is 0 Å². The number of hydrogen-bond donors (Lipinski definition) is 2. The molecule has 2 heterocycles. The molecule has 0 saturated carbocycles. The first-order valence-corrected chi connectivity index (χ1v) is 5.79. The summed E-state index contributed by atoms with van der Waals surface area (Å²) in [5.74, 6) is -0.167. The number of amides is 2. The van der Waals surface area contributed by atoms with Crippen molar-refractivity contribution < 1.29 is 14.4 Å². The van der Waals surface area contributed by atoms with Crippen molar-refractivity contribution in [3.63, 3.8) is 0 Å². The van der Waals surface area contributed by atoms with Gasteiger partial charge in [0.05, 0.1) is 12.1 Å². The summed E-state index contributed by atoms with van der Waals surface area (Å²) < 4.78 is 0. The number of carbonyl (C=O) groups excluding carboxylic acids is 3. The predicted molar refractivity (Wildman–Crippen MR) is 56.6 cm³/mol. The molecule has 2 aliphatic rings. The molecule has 2 atom stereocenters. The van der Waals surface area contributed by atoms with Crippen LogP contribution in [0.3, 0.4) is 0 Å². The maximum atomic E-state index is 12.0. The van der Waals surface area contributed by atoms with E-state index in [0.717, 1.165) is 12.8 Å². The van der Waals surface area contributed by atoms with Crippen LogP contribution in [0, 0.1) is 0 Å². The molecule has 0 radical (unpaired) electrons. The molecule has 0 aromatic heterocycles. The van der Waals surface area contributed by atoms with E-state index in [4.69, 9.17) is 0 Å². The maximum Gasteiger partial charge on any atom is 0.220 e. The second-order valence-corrected chi connectivity index (χ2v) is 4.43. The third-order valence-electron chi connectivity index (χ3n) is 3.15. The van der Waals surface area contributed by atoms with Crippen LogP contribution in [0.5, 0.6) is 0 Å². The minimum Gasteiger partial charge on any atom is -0.346 e. The van der Waals surface area contributed by atoms with Gasteiger partial charge in [0.2, 0.25) is 11.8 Å². The van der Waals surface area contributed by atoms with E-state index in [2.05, 4.69) is 10.6 Å². The van der Waals surface area contributed by atoms with Gasteiger partial charge in [-0.1, -0.05) is 0 Å². The van der Waals surface area contributed by atoms with Gasteiger partial charge >= 0.3 is 0 Å². The summed E-state index contributed by atoms with van der Waals surface area (Å²) in [6.45, 7) is 0. The average Bonchev–Trinajstić information content (AvgIpc) is 2.28. The van der Waals surface area contributed by atoms with Crippen LogP contribution in [0.15, 0.2) is 0 Å². The van der Waals surface area contributed by atoms with Crippen molar-refractivity contribution in [3.8, 4) is 0 Å². The molecule has 5 heteroatoms. The van der Waals surface area contributed by atoms with Gasteiger partial charge in [0, 0.05) is 12.8 Å². The standard InChI is InChI=1S/C11H16N2O3/c14-9-5-1-3-7(12-9)11(16)8-4-2-6-10(15)13-8/h7-8H,1-6H2,(H,12,14)(H,13,15). The number of ketones is 1. The van der Waals surface area contributed by atoms with Gasteiger partial charge in [0.15, 0.2) is 5.78 Å². The zero-order chi connectivity index (χ0) is 11.5. The van der Waals surface area contributed by atoms with Gasteiger partial charge in [-0.2, -0.15) is 0 Å². The molecule has 2 unspecified atom stereocenters. The van der Waals surface area contributed by atoms with Crippen molar-refractivity contribution in [2.45, 2.75) is 50.6 Å². The lowest BCUT2D eigenvalue weighted by molar-refractivity contribution is -0.133. The fourth-order valence-electron chi connectivity index (χ4n) is 2.28. The van der Waals surface area contributed by atoms with Gasteiger partial charge in [0.25, 0.3) is 0 Å². The minimum absolute atomic E-state index is 0.0406. The highest BCUT2D eigenvalue weighted by Gasteiger charge is 2.32. The van der Waals surface area contributed by atoms with E-state index < -0.39 is 12.1 Å². The van der Waals surface area contributed by atoms with E-state index in [1.54, 1.807) is 0 Å². The van der Waals surface area contributed by atoms with E-state index in [1.165, 1.54) is 0 Å². The molecule has 2 fully saturated rings. The van der Waals surface area contributed by atoms with Crippen molar-refractivity contribution in [1.82, 2.24) is 10.6 Å². The smallest absolute Gasteiger partial charge is 0.220 e. The van der Waals surface area contributed by atoms with Crippen LogP contribution in [-0.2, 0) is 14.4 Å². The van der Waals surface area contributed by atoms with Crippen LogP contribution >= 0.6 is 0 Å². The van der Waals surface area contributed by atoms with Crippen molar-refractivity contribution in [1.29, 1.82) is 0 Å². The molecule has 2 amide bonds. The maximum absolute atomic E-state index is 12.0. The van der Waals surface area contributed by atoms with Gasteiger partial charge < -0.3 is 10.6 Å². The predicted octanol–water partition coefficient (Wildman–Crippen LogP) is -0.107. The van der Waals surface area contributed by atoms with Gasteiger partial charge in [-0.3, -0.25) is 14.4 Å². The third-order valence-corrected chi connectivity index (χ3v) is 3.15. The topological polar surface area (TPSA) is 75.3 Å². The molecule has 2 rings (SSSR count). The van der Waals surface area contributed by atoms with Crippen molar-refractivity contribution in [2.24, 2.45) is 0 Å². The summed E-state index contributed by atoms with van der Waals surface area (Å²) in [6, 6.07) is -0.797. The van der Waals surface area contributed by atoms with Gasteiger partial charge in [-0.05, 0) is 25.7 Å². The molecule has 0 bridgehead atoms. The van der Waals surface area contributed by atoms with Gasteiger partial charge in [-0.25, -0.2) is 0 Å². The molecular weight excluding hydrogens is 208 g/mol. The molecule has 0 aliphatic carbocycles. The lowest BCUT2D eigenvalue weighted by Gasteiger charge is -2.28.